The van der Waals surface area contributed by atoms with Crippen molar-refractivity contribution in [1.29, 1.82) is 0 Å². The molecule has 18 heteroatoms. The summed E-state index contributed by atoms with van der Waals surface area (Å²) in [6.45, 7) is 1.76. The molecule has 3 N–H and O–H groups in total. The van der Waals surface area contributed by atoms with Crippen LogP contribution in [0.5, 0.6) is 0 Å². The minimum Gasteiger partial charge on any atom is -0.382 e. The number of nitrogens with one attached hydrogen (secondary N) is 3. The molecule has 0 aliphatic carbocycles. The molecule has 0 aromatic carbocycles. The first-order valence-electron chi connectivity index (χ1n) is 12.3. The second-order valence-electron chi connectivity index (χ2n) is 9.52. The largest absolute Gasteiger partial charge is 0.414 e. The van der Waals surface area contributed by atoms with Gasteiger partial charge < -0.3 is 30.0 Å². The maximum Gasteiger partial charge on any atom is 0.414 e. The molecular formula is C23H27F5N8O5. The Bertz CT molecular complexity index is 1400. The van der Waals surface area contributed by atoms with Crippen LogP contribution < -0.4 is 10.6 Å². The molecule has 1 saturated heterocycles. The van der Waals surface area contributed by atoms with Crippen LogP contribution in [0.15, 0.2) is 16.8 Å². The molecule has 0 saturated carbocycles. The number of carbonyl (C=O) groups is 2. The number of imidazole rings is 1. The molecule has 1 aliphatic rings. The summed E-state index contributed by atoms with van der Waals surface area (Å²) >= 11 is 0. The fourth-order valence-electron chi connectivity index (χ4n) is 4.22. The zero-order chi connectivity index (χ0) is 30.1. The zero-order valence-electron chi connectivity index (χ0n) is 22.3. The lowest BCUT2D eigenvalue weighted by atomic mass is 10.1. The fraction of sp³-hybridized carbons (Fsp3) is 0.565. The van der Waals surface area contributed by atoms with Gasteiger partial charge in [0.2, 0.25) is 0 Å². The van der Waals surface area contributed by atoms with Crippen LogP contribution >= 0.6 is 0 Å². The Labute approximate surface area is 229 Å². The fourth-order valence-corrected chi connectivity index (χ4v) is 4.22. The highest BCUT2D eigenvalue weighted by Crippen LogP contribution is 2.30. The van der Waals surface area contributed by atoms with E-state index in [1.165, 1.54) is 33.1 Å². The van der Waals surface area contributed by atoms with Gasteiger partial charge in [0, 0.05) is 7.11 Å². The average Bonchev–Trinajstić information content (AvgIpc) is 3.52. The van der Waals surface area contributed by atoms with Gasteiger partial charge >= 0.3 is 12.2 Å². The van der Waals surface area contributed by atoms with Gasteiger partial charge in [-0.05, 0) is 38.1 Å². The van der Waals surface area contributed by atoms with E-state index in [0.29, 0.717) is 5.52 Å². The van der Waals surface area contributed by atoms with Gasteiger partial charge in [0.1, 0.15) is 17.6 Å². The highest BCUT2D eigenvalue weighted by atomic mass is 19.4. The standard InChI is InChI=1S/C23H27F5N8O5/c1-10-16(35-41-34-10)20(37)32-17(11(2)40-12(3)23(26,27)28)19-31-14-6-5-13(30-18(14)33-19)15(7-39-4)36-9-22(24,25)8-29-21(36)38/h5-6,11-12,15,17H,7-9H2,1-4H3,(H,29,38)(H,32,37)(H,30,31,33)/t11-,12-,15-,17+/m1/s1. The Kier molecular flexibility index (Phi) is 8.44. The van der Waals surface area contributed by atoms with Crippen LogP contribution in [0, 0.1) is 6.92 Å². The number of pyridine rings is 1. The highest BCUT2D eigenvalue weighted by Gasteiger charge is 2.43. The van der Waals surface area contributed by atoms with Gasteiger partial charge in [-0.3, -0.25) is 4.79 Å². The van der Waals surface area contributed by atoms with Crippen molar-refractivity contribution >= 4 is 23.1 Å². The van der Waals surface area contributed by atoms with Crippen molar-refractivity contribution in [3.05, 3.63) is 35.0 Å². The summed E-state index contributed by atoms with van der Waals surface area (Å²) in [7, 11) is 1.33. The van der Waals surface area contributed by atoms with Crippen molar-refractivity contribution in [3.63, 3.8) is 0 Å². The zero-order valence-corrected chi connectivity index (χ0v) is 22.3. The van der Waals surface area contributed by atoms with Crippen LogP contribution in [0.3, 0.4) is 0 Å². The van der Waals surface area contributed by atoms with Gasteiger partial charge in [0.05, 0.1) is 43.1 Å². The first-order chi connectivity index (χ1) is 19.2. The number of amides is 3. The van der Waals surface area contributed by atoms with Gasteiger partial charge in [0.15, 0.2) is 17.4 Å². The molecule has 41 heavy (non-hydrogen) atoms. The number of fused-ring (bicyclic) bond motifs is 1. The smallest absolute Gasteiger partial charge is 0.382 e. The number of hydrogen-bond acceptors (Lipinski definition) is 9. The van der Waals surface area contributed by atoms with Gasteiger partial charge in [0.25, 0.3) is 11.8 Å². The number of nitrogens with zero attached hydrogens (tertiary/aromatic N) is 5. The quantitative estimate of drug-likeness (QED) is 0.302. The molecule has 1 fully saturated rings. The lowest BCUT2D eigenvalue weighted by molar-refractivity contribution is -0.227. The predicted molar refractivity (Wildman–Crippen MR) is 129 cm³/mol. The molecule has 3 aromatic rings. The van der Waals surface area contributed by atoms with E-state index in [1.807, 2.05) is 0 Å². The van der Waals surface area contributed by atoms with Crippen molar-refractivity contribution in [1.82, 2.24) is 40.8 Å². The number of hydrogen-bond donors (Lipinski definition) is 3. The summed E-state index contributed by atoms with van der Waals surface area (Å²) in [5, 5.41) is 11.7. The number of aromatic nitrogens is 5. The minimum absolute atomic E-state index is 0.0143. The Balaban J connectivity index is 1.68. The molecule has 0 unspecified atom stereocenters. The molecule has 3 amide bonds. The van der Waals surface area contributed by atoms with Crippen molar-refractivity contribution in [2.45, 2.75) is 57.2 Å². The van der Waals surface area contributed by atoms with Crippen LogP contribution in [0.1, 0.15) is 53.6 Å². The first kappa shape index (κ1) is 30.0. The van der Waals surface area contributed by atoms with Crippen LogP contribution in [0.25, 0.3) is 11.2 Å². The highest BCUT2D eigenvalue weighted by molar-refractivity contribution is 5.93. The molecule has 0 spiro atoms. The number of aromatic amines is 1. The van der Waals surface area contributed by atoms with E-state index in [1.54, 1.807) is 0 Å². The summed E-state index contributed by atoms with van der Waals surface area (Å²) in [6.07, 6.45) is -8.12. The van der Waals surface area contributed by atoms with E-state index in [4.69, 9.17) is 9.47 Å². The lowest BCUT2D eigenvalue weighted by Crippen LogP contribution is -2.58. The van der Waals surface area contributed by atoms with E-state index in [9.17, 15) is 31.5 Å². The summed E-state index contributed by atoms with van der Waals surface area (Å²) in [5.74, 6) is -4.01. The Morgan fingerprint density at radius 2 is 1.98 bits per heavy atom. The second kappa shape index (κ2) is 11.5. The summed E-state index contributed by atoms with van der Waals surface area (Å²) < 4.78 is 82.7. The molecule has 4 rings (SSSR count). The maximum atomic E-state index is 14.1. The molecule has 0 bridgehead atoms. The van der Waals surface area contributed by atoms with Crippen LogP contribution in [0.4, 0.5) is 26.7 Å². The van der Waals surface area contributed by atoms with E-state index < -0.39 is 61.4 Å². The molecular weight excluding hydrogens is 563 g/mol. The van der Waals surface area contributed by atoms with Gasteiger partial charge in [-0.25, -0.2) is 28.2 Å². The van der Waals surface area contributed by atoms with Crippen molar-refractivity contribution < 1.29 is 45.6 Å². The number of alkyl halides is 5. The maximum absolute atomic E-state index is 14.1. The normalized spacial score (nSPS) is 18.6. The van der Waals surface area contributed by atoms with Gasteiger partial charge in [-0.15, -0.1) is 0 Å². The second-order valence-corrected chi connectivity index (χ2v) is 9.52. The summed E-state index contributed by atoms with van der Waals surface area (Å²) in [5.41, 5.74) is 0.470. The topological polar surface area (TPSA) is 160 Å². The monoisotopic (exact) mass is 590 g/mol. The third-order valence-corrected chi connectivity index (χ3v) is 6.39. The van der Waals surface area contributed by atoms with Crippen LogP contribution in [-0.2, 0) is 9.47 Å². The number of methoxy groups -OCH3 is 1. The van der Waals surface area contributed by atoms with Crippen molar-refractivity contribution in [2.24, 2.45) is 0 Å². The van der Waals surface area contributed by atoms with E-state index in [2.05, 4.69) is 40.5 Å². The van der Waals surface area contributed by atoms with Crippen molar-refractivity contribution in [3.8, 4) is 0 Å². The molecule has 13 nitrogen and oxygen atoms in total. The molecule has 3 aromatic heterocycles. The number of aryl methyl sites for hydroxylation is 1. The molecule has 224 valence electrons. The van der Waals surface area contributed by atoms with Crippen LogP contribution in [-0.4, -0.2) is 93.2 Å². The van der Waals surface area contributed by atoms with Gasteiger partial charge in [-0.2, -0.15) is 13.2 Å². The third kappa shape index (κ3) is 6.70. The molecule has 4 atom stereocenters. The molecule has 0 radical (unpaired) electrons. The van der Waals surface area contributed by atoms with E-state index in [-0.39, 0.29) is 35.2 Å². The first-order valence-corrected chi connectivity index (χ1v) is 12.3. The Morgan fingerprint density at radius 1 is 1.24 bits per heavy atom. The Morgan fingerprint density at radius 3 is 2.61 bits per heavy atom. The average molecular weight is 591 g/mol. The Hall–Kier alpha value is -3.93. The number of halogens is 5. The number of H-pyrrole nitrogens is 1. The van der Waals surface area contributed by atoms with Crippen molar-refractivity contribution in [2.75, 3.05) is 26.8 Å². The number of urea groups is 1. The van der Waals surface area contributed by atoms with E-state index in [0.717, 1.165) is 11.8 Å². The summed E-state index contributed by atoms with van der Waals surface area (Å²) in [4.78, 5) is 37.8. The minimum atomic E-state index is -4.67. The summed E-state index contributed by atoms with van der Waals surface area (Å²) in [6, 6.07) is -0.0259. The predicted octanol–water partition coefficient (Wildman–Crippen LogP) is 2.82. The number of ether oxygens (including phenoxy) is 2. The van der Waals surface area contributed by atoms with Crippen LogP contribution in [0.2, 0.25) is 0 Å². The number of carbonyl (C=O) groups excluding carboxylic acids is 2. The van der Waals surface area contributed by atoms with E-state index >= 15 is 0 Å². The lowest BCUT2D eigenvalue weighted by Gasteiger charge is -2.37. The molecule has 1 aliphatic heterocycles. The third-order valence-electron chi connectivity index (χ3n) is 6.39. The van der Waals surface area contributed by atoms with Gasteiger partial charge in [-0.1, -0.05) is 5.16 Å². The SMILES string of the molecule is COC[C@H](c1ccc2[nH]c([C@@H](NC(=O)c3nonc3C)[C@@H](C)O[C@H](C)C(F)(F)F)nc2n1)N1CC(F)(F)CNC1=O. The number of rotatable bonds is 10. The molecule has 4 heterocycles.